The second kappa shape index (κ2) is 10.6. The summed E-state index contributed by atoms with van der Waals surface area (Å²) in [4.78, 5) is 17.4. The molecule has 8 nitrogen and oxygen atoms in total. The number of aromatic amines is 1. The van der Waals surface area contributed by atoms with E-state index in [4.69, 9.17) is 5.11 Å². The Balaban J connectivity index is 1.48. The van der Waals surface area contributed by atoms with Crippen molar-refractivity contribution in [3.05, 3.63) is 47.4 Å². The summed E-state index contributed by atoms with van der Waals surface area (Å²) < 4.78 is 37.9. The lowest BCUT2D eigenvalue weighted by Crippen LogP contribution is -2.35. The number of H-pyrrole nitrogens is 1. The molecule has 3 heterocycles. The Labute approximate surface area is 183 Å². The Hall–Kier alpha value is -2.92. The normalized spacial score (nSPS) is 15.4. The molecule has 2 aromatic heterocycles. The summed E-state index contributed by atoms with van der Waals surface area (Å²) in [5.41, 5.74) is 2.23. The molecule has 0 bridgehead atoms. The predicted octanol–water partition coefficient (Wildman–Crippen LogP) is 2.41. The van der Waals surface area contributed by atoms with Crippen molar-refractivity contribution in [2.75, 3.05) is 31.6 Å². The first-order valence-corrected chi connectivity index (χ1v) is 10.4. The topological polar surface area (TPSA) is 106 Å². The first-order valence-electron chi connectivity index (χ1n) is 10.4. The summed E-state index contributed by atoms with van der Waals surface area (Å²) in [5.74, 6) is 0.322. The Bertz CT molecular complexity index is 926. The summed E-state index contributed by atoms with van der Waals surface area (Å²) in [6, 6.07) is 2.26. The standard InChI is InChI=1S/C21H27F3N6O2/c1-14(28-18-3-2-17(13-26-18)21(22,23)24)10-25-11-16-12-27-29-20(16)15-4-7-30(8-5-15)19(32)6-9-31/h2-4,12-14,25,31H,5-11H2,1H3,(H,26,28)(H,27,29)/t14-/m1/s1. The molecule has 174 valence electrons. The van der Waals surface area contributed by atoms with Gasteiger partial charge in [0.15, 0.2) is 0 Å². The highest BCUT2D eigenvalue weighted by Crippen LogP contribution is 2.29. The van der Waals surface area contributed by atoms with Crippen LogP contribution in [0.1, 0.15) is 36.6 Å². The fourth-order valence-corrected chi connectivity index (χ4v) is 3.47. The molecule has 0 aliphatic carbocycles. The molecule has 0 spiro atoms. The van der Waals surface area contributed by atoms with E-state index in [-0.39, 0.29) is 25.0 Å². The van der Waals surface area contributed by atoms with Crippen LogP contribution in [0.15, 0.2) is 30.6 Å². The van der Waals surface area contributed by atoms with Crippen molar-refractivity contribution in [1.82, 2.24) is 25.4 Å². The number of carbonyl (C=O) groups excluding carboxylic acids is 1. The van der Waals surface area contributed by atoms with Gasteiger partial charge in [-0.25, -0.2) is 4.98 Å². The van der Waals surface area contributed by atoms with Gasteiger partial charge in [-0.05, 0) is 31.1 Å². The minimum Gasteiger partial charge on any atom is -0.396 e. The molecule has 1 amide bonds. The zero-order valence-corrected chi connectivity index (χ0v) is 17.7. The molecule has 4 N–H and O–H groups in total. The number of alkyl halides is 3. The molecule has 0 radical (unpaired) electrons. The second-order valence-corrected chi connectivity index (χ2v) is 7.67. The average molecular weight is 452 g/mol. The van der Waals surface area contributed by atoms with E-state index in [0.717, 1.165) is 29.1 Å². The number of pyridine rings is 1. The third-order valence-corrected chi connectivity index (χ3v) is 5.18. The van der Waals surface area contributed by atoms with Crippen molar-refractivity contribution in [1.29, 1.82) is 0 Å². The highest BCUT2D eigenvalue weighted by atomic mass is 19.4. The number of nitrogens with zero attached hydrogens (tertiary/aromatic N) is 3. The highest BCUT2D eigenvalue weighted by molar-refractivity contribution is 5.78. The number of halogens is 3. The number of aromatic nitrogens is 3. The maximum absolute atomic E-state index is 12.6. The fraction of sp³-hybridized carbons (Fsp3) is 0.476. The van der Waals surface area contributed by atoms with Crippen LogP contribution in [-0.2, 0) is 17.5 Å². The van der Waals surface area contributed by atoms with Crippen LogP contribution >= 0.6 is 0 Å². The first-order chi connectivity index (χ1) is 15.3. The van der Waals surface area contributed by atoms with Crippen LogP contribution in [-0.4, -0.2) is 63.4 Å². The van der Waals surface area contributed by atoms with Gasteiger partial charge in [-0.1, -0.05) is 6.08 Å². The number of nitrogens with one attached hydrogen (secondary N) is 3. The van der Waals surface area contributed by atoms with Gasteiger partial charge in [0, 0.05) is 50.4 Å². The zero-order chi connectivity index (χ0) is 23.1. The monoisotopic (exact) mass is 452 g/mol. The van der Waals surface area contributed by atoms with E-state index in [0.29, 0.717) is 38.4 Å². The minimum atomic E-state index is -4.40. The van der Waals surface area contributed by atoms with Gasteiger partial charge in [0.2, 0.25) is 5.91 Å². The van der Waals surface area contributed by atoms with Gasteiger partial charge < -0.3 is 20.6 Å². The van der Waals surface area contributed by atoms with Crippen molar-refractivity contribution in [2.45, 2.75) is 38.5 Å². The lowest BCUT2D eigenvalue weighted by molar-refractivity contribution is -0.137. The summed E-state index contributed by atoms with van der Waals surface area (Å²) in [6.07, 6.45) is 0.997. The second-order valence-electron chi connectivity index (χ2n) is 7.67. The maximum atomic E-state index is 12.6. The molecule has 11 heteroatoms. The number of hydrogen-bond acceptors (Lipinski definition) is 6. The highest BCUT2D eigenvalue weighted by Gasteiger charge is 2.30. The Morgan fingerprint density at radius 3 is 2.78 bits per heavy atom. The third kappa shape index (κ3) is 6.30. The van der Waals surface area contributed by atoms with E-state index in [1.54, 1.807) is 11.1 Å². The largest absolute Gasteiger partial charge is 0.417 e. The SMILES string of the molecule is C[C@H](CNCc1cn[nH]c1C1=CCN(C(=O)CCO)CC1)Nc1ccc(C(F)(F)F)cn1. The number of amides is 1. The van der Waals surface area contributed by atoms with Crippen molar-refractivity contribution in [2.24, 2.45) is 0 Å². The summed E-state index contributed by atoms with van der Waals surface area (Å²) in [6.45, 7) is 3.98. The maximum Gasteiger partial charge on any atom is 0.417 e. The lowest BCUT2D eigenvalue weighted by atomic mass is 10.0. The van der Waals surface area contributed by atoms with Gasteiger partial charge >= 0.3 is 6.18 Å². The molecule has 0 aromatic carbocycles. The summed E-state index contributed by atoms with van der Waals surface area (Å²) >= 11 is 0. The number of aliphatic hydroxyl groups is 1. The van der Waals surface area contributed by atoms with Gasteiger partial charge in [-0.15, -0.1) is 0 Å². The Morgan fingerprint density at radius 2 is 2.16 bits per heavy atom. The van der Waals surface area contributed by atoms with Gasteiger partial charge in [0.1, 0.15) is 5.82 Å². The van der Waals surface area contributed by atoms with Gasteiger partial charge in [-0.2, -0.15) is 18.3 Å². The minimum absolute atomic E-state index is 0.0571. The van der Waals surface area contributed by atoms with Crippen molar-refractivity contribution < 1.29 is 23.1 Å². The van der Waals surface area contributed by atoms with E-state index in [2.05, 4.69) is 25.8 Å². The summed E-state index contributed by atoms with van der Waals surface area (Å²) in [7, 11) is 0. The lowest BCUT2D eigenvalue weighted by Gasteiger charge is -2.26. The van der Waals surface area contributed by atoms with E-state index in [1.165, 1.54) is 6.07 Å². The smallest absolute Gasteiger partial charge is 0.396 e. The van der Waals surface area contributed by atoms with E-state index in [9.17, 15) is 18.0 Å². The van der Waals surface area contributed by atoms with Gasteiger partial charge in [-0.3, -0.25) is 9.89 Å². The van der Waals surface area contributed by atoms with Crippen LogP contribution in [0.3, 0.4) is 0 Å². The van der Waals surface area contributed by atoms with Crippen molar-refractivity contribution in [3.8, 4) is 0 Å². The molecule has 0 saturated carbocycles. The van der Waals surface area contributed by atoms with Gasteiger partial charge in [0.05, 0.1) is 24.1 Å². The molecule has 0 fully saturated rings. The molecule has 1 aliphatic rings. The fourth-order valence-electron chi connectivity index (χ4n) is 3.47. The quantitative estimate of drug-likeness (QED) is 0.466. The predicted molar refractivity (Wildman–Crippen MR) is 113 cm³/mol. The average Bonchev–Trinajstić information content (AvgIpc) is 3.22. The van der Waals surface area contributed by atoms with Crippen LogP contribution in [0.2, 0.25) is 0 Å². The van der Waals surface area contributed by atoms with Crippen LogP contribution < -0.4 is 10.6 Å². The molecule has 0 saturated heterocycles. The molecule has 3 rings (SSSR count). The molecule has 2 aromatic rings. The number of rotatable bonds is 9. The molecule has 1 aliphatic heterocycles. The molecular formula is C21H27F3N6O2. The first kappa shape index (κ1) is 23.7. The molecular weight excluding hydrogens is 425 g/mol. The Kier molecular flexibility index (Phi) is 7.86. The van der Waals surface area contributed by atoms with Crippen LogP contribution in [0.4, 0.5) is 19.0 Å². The third-order valence-electron chi connectivity index (χ3n) is 5.18. The number of anilines is 1. The van der Waals surface area contributed by atoms with E-state index >= 15 is 0 Å². The van der Waals surface area contributed by atoms with Crippen molar-refractivity contribution >= 4 is 17.3 Å². The van der Waals surface area contributed by atoms with E-state index in [1.807, 2.05) is 13.0 Å². The molecule has 1 atom stereocenters. The van der Waals surface area contributed by atoms with Crippen LogP contribution in [0, 0.1) is 0 Å². The molecule has 32 heavy (non-hydrogen) atoms. The van der Waals surface area contributed by atoms with Crippen molar-refractivity contribution in [3.63, 3.8) is 0 Å². The van der Waals surface area contributed by atoms with E-state index < -0.39 is 11.7 Å². The summed E-state index contributed by atoms with van der Waals surface area (Å²) in [5, 5.41) is 22.5. The van der Waals surface area contributed by atoms with Crippen LogP contribution in [0.5, 0.6) is 0 Å². The Morgan fingerprint density at radius 1 is 1.34 bits per heavy atom. The molecule has 0 unspecified atom stereocenters. The number of hydrogen-bond donors (Lipinski definition) is 4. The van der Waals surface area contributed by atoms with Gasteiger partial charge in [0.25, 0.3) is 0 Å². The number of carbonyl (C=O) groups is 1. The van der Waals surface area contributed by atoms with Crippen LogP contribution in [0.25, 0.3) is 5.57 Å². The zero-order valence-electron chi connectivity index (χ0n) is 17.7. The number of aliphatic hydroxyl groups excluding tert-OH is 1.